The van der Waals surface area contributed by atoms with Gasteiger partial charge in [-0.3, -0.25) is 4.90 Å². The van der Waals surface area contributed by atoms with E-state index in [2.05, 4.69) is 4.72 Å². The van der Waals surface area contributed by atoms with Crippen LogP contribution in [0.25, 0.3) is 0 Å². The molecule has 3 rings (SSSR count). The number of hydrogen-bond acceptors (Lipinski definition) is 4. The molecule has 31 heavy (non-hydrogen) atoms. The summed E-state index contributed by atoms with van der Waals surface area (Å²) in [5, 5.41) is 0. The van der Waals surface area contributed by atoms with E-state index in [-0.39, 0.29) is 5.75 Å². The van der Waals surface area contributed by atoms with E-state index < -0.39 is 44.7 Å². The fraction of sp³-hybridized carbons (Fsp3) is 0.400. The van der Waals surface area contributed by atoms with Crippen LogP contribution < -0.4 is 9.46 Å². The summed E-state index contributed by atoms with van der Waals surface area (Å²) in [5.74, 6) is 0.123. The van der Waals surface area contributed by atoms with Crippen molar-refractivity contribution in [3.63, 3.8) is 0 Å². The first-order chi connectivity index (χ1) is 14.5. The van der Waals surface area contributed by atoms with Gasteiger partial charge in [0.1, 0.15) is 5.75 Å². The second kappa shape index (κ2) is 9.09. The summed E-state index contributed by atoms with van der Waals surface area (Å²) in [6.45, 7) is 1.17. The first-order valence-corrected chi connectivity index (χ1v) is 10.8. The molecule has 5 nitrogen and oxygen atoms in total. The fourth-order valence-electron chi connectivity index (χ4n) is 3.48. The summed E-state index contributed by atoms with van der Waals surface area (Å²) in [4.78, 5) is 1.38. The molecule has 1 unspecified atom stereocenters. The van der Waals surface area contributed by atoms with Crippen LogP contribution in [-0.4, -0.2) is 39.6 Å². The molecular formula is C20H21F5N2O3S. The molecule has 2 aromatic carbocycles. The van der Waals surface area contributed by atoms with Gasteiger partial charge in [0, 0.05) is 31.2 Å². The smallest absolute Gasteiger partial charge is 0.416 e. The van der Waals surface area contributed by atoms with Gasteiger partial charge in [-0.2, -0.15) is 13.2 Å². The van der Waals surface area contributed by atoms with Crippen LogP contribution >= 0.6 is 0 Å². The lowest BCUT2D eigenvalue weighted by molar-refractivity contribution is -0.137. The summed E-state index contributed by atoms with van der Waals surface area (Å²) in [6.07, 6.45) is -6.96. The Bertz CT molecular complexity index is 1010. The van der Waals surface area contributed by atoms with Gasteiger partial charge < -0.3 is 4.74 Å². The number of methoxy groups -OCH3 is 1. The highest BCUT2D eigenvalue weighted by Crippen LogP contribution is 2.31. The van der Waals surface area contributed by atoms with Crippen LogP contribution in [0.5, 0.6) is 5.75 Å². The minimum atomic E-state index is -4.41. The number of alkyl halides is 5. The zero-order valence-corrected chi connectivity index (χ0v) is 17.3. The largest absolute Gasteiger partial charge is 0.497 e. The number of sulfonamides is 1. The first kappa shape index (κ1) is 23.4. The number of likely N-dealkylation sites (tertiary alicyclic amines) is 1. The van der Waals surface area contributed by atoms with Crippen LogP contribution in [0.2, 0.25) is 0 Å². The third kappa shape index (κ3) is 5.72. The number of nitrogens with zero attached hydrogens (tertiary/aromatic N) is 1. The monoisotopic (exact) mass is 464 g/mol. The summed E-state index contributed by atoms with van der Waals surface area (Å²) in [7, 11) is -2.91. The lowest BCUT2D eigenvalue weighted by Gasteiger charge is -2.18. The Balaban J connectivity index is 1.66. The molecule has 11 heteroatoms. The van der Waals surface area contributed by atoms with Gasteiger partial charge in [0.15, 0.2) is 0 Å². The topological polar surface area (TPSA) is 58.6 Å². The average Bonchev–Trinajstić information content (AvgIpc) is 3.13. The molecule has 1 saturated heterocycles. The predicted molar refractivity (Wildman–Crippen MR) is 103 cm³/mol. The second-order valence-corrected chi connectivity index (χ2v) is 8.92. The summed E-state index contributed by atoms with van der Waals surface area (Å²) < 4.78 is 97.5. The molecular weight excluding hydrogens is 443 g/mol. The van der Waals surface area contributed by atoms with E-state index in [4.69, 9.17) is 4.74 Å². The van der Waals surface area contributed by atoms with Gasteiger partial charge in [0.25, 0.3) is 6.43 Å². The Kier molecular flexibility index (Phi) is 6.87. The van der Waals surface area contributed by atoms with Crippen molar-refractivity contribution in [1.29, 1.82) is 0 Å². The lowest BCUT2D eigenvalue weighted by Crippen LogP contribution is -2.37. The summed E-state index contributed by atoms with van der Waals surface area (Å²) in [5.41, 5.74) is -0.726. The van der Waals surface area contributed by atoms with E-state index in [1.807, 2.05) is 4.90 Å². The Morgan fingerprint density at radius 1 is 1.16 bits per heavy atom. The summed E-state index contributed by atoms with van der Waals surface area (Å²) >= 11 is 0. The normalized spacial score (nSPS) is 18.0. The average molecular weight is 464 g/mol. The number of halogens is 5. The molecule has 1 N–H and O–H groups in total. The van der Waals surface area contributed by atoms with Crippen LogP contribution in [0.3, 0.4) is 0 Å². The van der Waals surface area contributed by atoms with Crippen molar-refractivity contribution in [2.75, 3.05) is 20.2 Å². The molecule has 170 valence electrons. The van der Waals surface area contributed by atoms with Crippen molar-refractivity contribution in [3.05, 3.63) is 59.2 Å². The van der Waals surface area contributed by atoms with E-state index in [9.17, 15) is 30.4 Å². The number of nitrogens with one attached hydrogen (secondary N) is 1. The van der Waals surface area contributed by atoms with Crippen molar-refractivity contribution in [1.82, 2.24) is 9.62 Å². The number of hydrogen-bond donors (Lipinski definition) is 1. The molecule has 0 aliphatic carbocycles. The first-order valence-electron chi connectivity index (χ1n) is 9.36. The van der Waals surface area contributed by atoms with Gasteiger partial charge in [0.05, 0.1) is 17.6 Å². The van der Waals surface area contributed by atoms with Crippen LogP contribution in [0.4, 0.5) is 22.0 Å². The van der Waals surface area contributed by atoms with Crippen LogP contribution in [0.15, 0.2) is 47.4 Å². The van der Waals surface area contributed by atoms with Crippen molar-refractivity contribution in [2.45, 2.75) is 36.5 Å². The Morgan fingerprint density at radius 2 is 1.84 bits per heavy atom. The minimum Gasteiger partial charge on any atom is -0.497 e. The quantitative estimate of drug-likeness (QED) is 0.624. The van der Waals surface area contributed by atoms with E-state index in [0.29, 0.717) is 31.6 Å². The number of rotatable bonds is 7. The van der Waals surface area contributed by atoms with Gasteiger partial charge in [0.2, 0.25) is 10.0 Å². The van der Waals surface area contributed by atoms with Crippen molar-refractivity contribution >= 4 is 10.0 Å². The maximum atomic E-state index is 13.4. The van der Waals surface area contributed by atoms with Gasteiger partial charge in [-0.1, -0.05) is 12.1 Å². The van der Waals surface area contributed by atoms with E-state index >= 15 is 0 Å². The number of benzene rings is 2. The van der Waals surface area contributed by atoms with Crippen molar-refractivity contribution in [3.8, 4) is 5.75 Å². The summed E-state index contributed by atoms with van der Waals surface area (Å²) in [6, 6.07) is 7.63. The molecule has 1 aliphatic rings. The van der Waals surface area contributed by atoms with Gasteiger partial charge >= 0.3 is 6.18 Å². The van der Waals surface area contributed by atoms with E-state index in [1.54, 1.807) is 0 Å². The zero-order chi connectivity index (χ0) is 22.8. The van der Waals surface area contributed by atoms with Crippen LogP contribution in [0.1, 0.15) is 29.5 Å². The van der Waals surface area contributed by atoms with Gasteiger partial charge in [-0.15, -0.1) is 0 Å². The third-order valence-electron chi connectivity index (χ3n) is 5.02. The molecule has 0 radical (unpaired) electrons. The molecule has 2 aromatic rings. The zero-order valence-electron chi connectivity index (χ0n) is 16.5. The van der Waals surface area contributed by atoms with Crippen molar-refractivity contribution in [2.24, 2.45) is 0 Å². The standard InChI is InChI=1S/C20H21F5N2O3S/c1-30-16-6-7-18(17(10-16)19(21)22)31(28,29)26-15-8-9-27(12-15)11-13-2-4-14(5-3-13)20(23,24)25/h2-7,10,15,19,26H,8-9,11-12H2,1H3. The van der Waals surface area contributed by atoms with Gasteiger partial charge in [-0.25, -0.2) is 21.9 Å². The van der Waals surface area contributed by atoms with Crippen LogP contribution in [-0.2, 0) is 22.7 Å². The second-order valence-electron chi connectivity index (χ2n) is 7.24. The lowest BCUT2D eigenvalue weighted by atomic mass is 10.1. The minimum absolute atomic E-state index is 0.123. The molecule has 0 spiro atoms. The molecule has 0 amide bonds. The highest BCUT2D eigenvalue weighted by atomic mass is 32.2. The molecule has 0 saturated carbocycles. The van der Waals surface area contributed by atoms with E-state index in [1.165, 1.54) is 25.3 Å². The molecule has 1 aliphatic heterocycles. The SMILES string of the molecule is COc1ccc(S(=O)(=O)NC2CCN(Cc3ccc(C(F)(F)F)cc3)C2)c(C(F)F)c1. The molecule has 0 aromatic heterocycles. The molecule has 1 atom stereocenters. The molecule has 1 fully saturated rings. The maximum absolute atomic E-state index is 13.4. The Hall–Kier alpha value is -2.24. The van der Waals surface area contributed by atoms with Crippen LogP contribution in [0, 0.1) is 0 Å². The van der Waals surface area contributed by atoms with Crippen molar-refractivity contribution < 1.29 is 35.1 Å². The molecule has 0 bridgehead atoms. The van der Waals surface area contributed by atoms with E-state index in [0.717, 1.165) is 24.3 Å². The third-order valence-corrected chi connectivity index (χ3v) is 6.62. The Labute approximate surface area is 176 Å². The highest BCUT2D eigenvalue weighted by molar-refractivity contribution is 7.89. The maximum Gasteiger partial charge on any atom is 0.416 e. The van der Waals surface area contributed by atoms with Gasteiger partial charge in [-0.05, 0) is 42.3 Å². The highest BCUT2D eigenvalue weighted by Gasteiger charge is 2.32. The molecule has 1 heterocycles. The predicted octanol–water partition coefficient (Wildman–Crippen LogP) is 4.20. The Morgan fingerprint density at radius 3 is 2.42 bits per heavy atom. The number of ether oxygens (including phenoxy) is 1. The fourth-order valence-corrected chi connectivity index (χ4v) is 4.95.